The van der Waals surface area contributed by atoms with E-state index in [1.54, 1.807) is 0 Å². The van der Waals surface area contributed by atoms with Gasteiger partial charge in [0, 0.05) is 0 Å². The molecule has 0 saturated heterocycles. The molecule has 28 valence electrons. The first-order valence-electron chi connectivity index (χ1n) is 1.15. The van der Waals surface area contributed by atoms with Crippen LogP contribution in [0.25, 0.3) is 0 Å². The Morgan fingerprint density at radius 3 is 2.60 bits per heavy atom. The summed E-state index contributed by atoms with van der Waals surface area (Å²) in [6, 6.07) is 0. The predicted molar refractivity (Wildman–Crippen MR) is 17.2 cm³/mol. The topological polar surface area (TPSA) is 55.4 Å². The van der Waals surface area contributed by atoms with E-state index < -0.39 is 0 Å². The number of aliphatic imine (C=N–C) groups is 1. The first-order chi connectivity index (χ1) is 2.41. The zero-order valence-electron chi connectivity index (χ0n) is 2.64. The lowest BCUT2D eigenvalue weighted by molar-refractivity contribution is 0.563. The van der Waals surface area contributed by atoms with E-state index in [1.165, 1.54) is 6.08 Å². The van der Waals surface area contributed by atoms with Gasteiger partial charge in [-0.25, -0.2) is 4.79 Å². The maximum absolute atomic E-state index is 9.03. The quantitative estimate of drug-likeness (QED) is 0.327. The van der Waals surface area contributed by atoms with Gasteiger partial charge in [-0.2, -0.15) is 4.99 Å². The van der Waals surface area contributed by atoms with Crippen molar-refractivity contribution in [3.8, 4) is 0 Å². The van der Waals surface area contributed by atoms with Gasteiger partial charge in [0.25, 0.3) is 0 Å². The lowest BCUT2D eigenvalue weighted by Gasteiger charge is -1.60. The molecular weight excluding hydrogens is 68.0 g/mol. The molecule has 0 aliphatic heterocycles. The Morgan fingerprint density at radius 2 is 2.60 bits per heavy atom. The summed E-state index contributed by atoms with van der Waals surface area (Å²) in [5.74, 6) is 0. The molecule has 0 radical (unpaired) electrons. The summed E-state index contributed by atoms with van der Waals surface area (Å²) in [7, 11) is 0. The molecule has 2 N–H and O–H groups in total. The van der Waals surface area contributed by atoms with Crippen LogP contribution in [-0.2, 0) is 4.79 Å². The summed E-state index contributed by atoms with van der Waals surface area (Å²) in [6.07, 6.45) is 1.27. The van der Waals surface area contributed by atoms with E-state index in [9.17, 15) is 0 Å². The third-order valence-corrected chi connectivity index (χ3v) is 0.156. The fourth-order valence-electron chi connectivity index (χ4n) is 0.0373. The van der Waals surface area contributed by atoms with Gasteiger partial charge in [0.2, 0.25) is 6.08 Å². The third-order valence-electron chi connectivity index (χ3n) is 0.156. The van der Waals surface area contributed by atoms with Crippen LogP contribution in [0.4, 0.5) is 0 Å². The Morgan fingerprint density at radius 1 is 2.00 bits per heavy atom. The predicted octanol–water partition coefficient (Wildman–Crippen LogP) is -0.762. The second kappa shape index (κ2) is 3.34. The van der Waals surface area contributed by atoms with Crippen molar-refractivity contribution < 1.29 is 4.79 Å². The third kappa shape index (κ3) is 3.34. The van der Waals surface area contributed by atoms with E-state index in [2.05, 4.69) is 4.99 Å². The Bertz CT molecular complexity index is 54.7. The molecule has 0 atom stereocenters. The highest BCUT2D eigenvalue weighted by Gasteiger charge is 1.50. The fraction of sp³-hybridized carbons (Fsp3) is 0.500. The molecular formula is C2H4N2O. The van der Waals surface area contributed by atoms with Crippen LogP contribution in [0, 0.1) is 0 Å². The molecule has 0 aliphatic rings. The monoisotopic (exact) mass is 72.0 g/mol. The van der Waals surface area contributed by atoms with Crippen LogP contribution < -0.4 is 5.73 Å². The molecule has 0 spiro atoms. The molecule has 0 aliphatic carbocycles. The smallest absolute Gasteiger partial charge is 0.236 e. The lowest BCUT2D eigenvalue weighted by Crippen LogP contribution is -1.91. The van der Waals surface area contributed by atoms with Crippen LogP contribution in [0.5, 0.6) is 0 Å². The SMILES string of the molecule is NCN=C=O. The Balaban J connectivity index is 2.93. The average Bonchev–Trinajstić information content (AvgIpc) is 1.41. The van der Waals surface area contributed by atoms with Gasteiger partial charge in [-0.15, -0.1) is 0 Å². The largest absolute Gasteiger partial charge is 0.312 e. The average molecular weight is 72.1 g/mol. The summed E-state index contributed by atoms with van der Waals surface area (Å²) >= 11 is 0. The normalized spacial score (nSPS) is 5.80. The summed E-state index contributed by atoms with van der Waals surface area (Å²) in [5.41, 5.74) is 4.71. The maximum atomic E-state index is 9.03. The number of hydrogen-bond acceptors (Lipinski definition) is 3. The Kier molecular flexibility index (Phi) is 2.90. The highest BCUT2D eigenvalue weighted by atomic mass is 16.1. The highest BCUT2D eigenvalue weighted by Crippen LogP contribution is 1.40. The molecule has 0 bridgehead atoms. The summed E-state index contributed by atoms with van der Waals surface area (Å²) in [4.78, 5) is 12.0. The molecule has 0 amide bonds. The maximum Gasteiger partial charge on any atom is 0.236 e. The Hall–Kier alpha value is -0.660. The van der Waals surface area contributed by atoms with Gasteiger partial charge in [0.15, 0.2) is 0 Å². The minimum atomic E-state index is 0.0451. The lowest BCUT2D eigenvalue weighted by atomic mass is 11.2. The van der Waals surface area contributed by atoms with E-state index in [-0.39, 0.29) is 6.67 Å². The van der Waals surface area contributed by atoms with Crippen LogP contribution >= 0.6 is 0 Å². The summed E-state index contributed by atoms with van der Waals surface area (Å²) < 4.78 is 0. The van der Waals surface area contributed by atoms with E-state index in [1.807, 2.05) is 0 Å². The minimum absolute atomic E-state index is 0.0451. The van der Waals surface area contributed by atoms with Crippen LogP contribution in [0.3, 0.4) is 0 Å². The highest BCUT2D eigenvalue weighted by molar-refractivity contribution is 5.32. The van der Waals surface area contributed by atoms with Crippen LogP contribution in [0.1, 0.15) is 0 Å². The molecule has 0 aromatic rings. The molecule has 0 fully saturated rings. The van der Waals surface area contributed by atoms with Crippen molar-refractivity contribution in [2.24, 2.45) is 10.7 Å². The molecule has 0 aromatic carbocycles. The first kappa shape index (κ1) is 4.34. The van der Waals surface area contributed by atoms with Gasteiger partial charge < -0.3 is 5.73 Å². The number of nitrogens with two attached hydrogens (primary N) is 1. The van der Waals surface area contributed by atoms with Crippen molar-refractivity contribution in [1.82, 2.24) is 0 Å². The standard InChI is InChI=1S/C2H4N2O/c3-1-4-2-5/h1,3H2. The van der Waals surface area contributed by atoms with Crippen molar-refractivity contribution in [3.63, 3.8) is 0 Å². The van der Waals surface area contributed by atoms with Gasteiger partial charge in [-0.1, -0.05) is 0 Å². The zero-order valence-corrected chi connectivity index (χ0v) is 2.64. The molecule has 0 heterocycles. The number of hydrogen-bond donors (Lipinski definition) is 1. The minimum Gasteiger partial charge on any atom is -0.312 e. The van der Waals surface area contributed by atoms with Crippen LogP contribution in [-0.4, -0.2) is 12.7 Å². The van der Waals surface area contributed by atoms with E-state index in [4.69, 9.17) is 10.5 Å². The number of rotatable bonds is 1. The zero-order chi connectivity index (χ0) is 4.12. The van der Waals surface area contributed by atoms with Gasteiger partial charge in [0.1, 0.15) is 0 Å². The number of carbonyl (C=O) groups excluding carboxylic acids is 1. The first-order valence-corrected chi connectivity index (χ1v) is 1.15. The second-order valence-corrected chi connectivity index (χ2v) is 0.432. The van der Waals surface area contributed by atoms with Gasteiger partial charge >= 0.3 is 0 Å². The number of isocyanates is 1. The van der Waals surface area contributed by atoms with Crippen molar-refractivity contribution in [2.75, 3.05) is 6.67 Å². The molecule has 0 saturated carbocycles. The summed E-state index contributed by atoms with van der Waals surface area (Å²) in [6.45, 7) is 0.0451. The molecule has 3 nitrogen and oxygen atoms in total. The molecule has 0 aromatic heterocycles. The van der Waals surface area contributed by atoms with Gasteiger partial charge in [0.05, 0.1) is 6.67 Å². The van der Waals surface area contributed by atoms with Gasteiger partial charge in [-0.05, 0) is 0 Å². The van der Waals surface area contributed by atoms with E-state index in [0.717, 1.165) is 0 Å². The van der Waals surface area contributed by atoms with Crippen molar-refractivity contribution in [3.05, 3.63) is 0 Å². The Labute approximate surface area is 29.5 Å². The van der Waals surface area contributed by atoms with Crippen molar-refractivity contribution in [1.29, 1.82) is 0 Å². The van der Waals surface area contributed by atoms with Crippen molar-refractivity contribution >= 4 is 6.08 Å². The number of nitrogens with zero attached hydrogens (tertiary/aromatic N) is 1. The van der Waals surface area contributed by atoms with Crippen LogP contribution in [0.15, 0.2) is 4.99 Å². The fourth-order valence-corrected chi connectivity index (χ4v) is 0.0373. The second-order valence-electron chi connectivity index (χ2n) is 0.432. The molecule has 0 rings (SSSR count). The van der Waals surface area contributed by atoms with Crippen LogP contribution in [0.2, 0.25) is 0 Å². The molecule has 5 heavy (non-hydrogen) atoms. The van der Waals surface area contributed by atoms with E-state index >= 15 is 0 Å². The van der Waals surface area contributed by atoms with E-state index in [0.29, 0.717) is 0 Å². The molecule has 3 heteroatoms. The molecule has 0 unspecified atom stereocenters. The van der Waals surface area contributed by atoms with Gasteiger partial charge in [-0.3, -0.25) is 0 Å². The summed E-state index contributed by atoms with van der Waals surface area (Å²) in [5, 5.41) is 0. The van der Waals surface area contributed by atoms with Crippen molar-refractivity contribution in [2.45, 2.75) is 0 Å².